The Hall–Kier alpha value is -1.70. The molecular weight excluding hydrogens is 329 g/mol. The number of nitrogens with one attached hydrogen (secondary N) is 2. The molecule has 8 heteroatoms. The maximum Gasteiger partial charge on any atom is 0.446 e. The molecule has 0 bridgehead atoms. The number of thioether (sulfide) groups is 1. The third kappa shape index (κ3) is 6.94. The number of carbonyl (C=O) groups excluding carboxylic acids is 2. The Balaban J connectivity index is 1.67. The first-order valence-electron chi connectivity index (χ1n) is 7.27. The van der Waals surface area contributed by atoms with E-state index in [-0.39, 0.29) is 40.8 Å². The first-order valence-corrected chi connectivity index (χ1v) is 8.08. The van der Waals surface area contributed by atoms with Gasteiger partial charge in [-0.15, -0.1) is 0 Å². The molecule has 0 atom stereocenters. The minimum Gasteiger partial charge on any atom is -0.356 e. The summed E-state index contributed by atoms with van der Waals surface area (Å²) in [6.07, 6.45) is 2.64. The molecule has 1 aromatic rings. The van der Waals surface area contributed by atoms with Gasteiger partial charge in [-0.05, 0) is 55.3 Å². The number of amides is 2. The van der Waals surface area contributed by atoms with Crippen molar-refractivity contribution in [1.29, 1.82) is 0 Å². The van der Waals surface area contributed by atoms with Crippen molar-refractivity contribution in [1.82, 2.24) is 5.32 Å². The van der Waals surface area contributed by atoms with Gasteiger partial charge in [0.25, 0.3) is 0 Å². The smallest absolute Gasteiger partial charge is 0.356 e. The molecule has 0 spiro atoms. The summed E-state index contributed by atoms with van der Waals surface area (Å²) in [5.74, 6) is -0.0398. The van der Waals surface area contributed by atoms with Crippen LogP contribution in [0.2, 0.25) is 0 Å². The van der Waals surface area contributed by atoms with Gasteiger partial charge in [0, 0.05) is 29.5 Å². The van der Waals surface area contributed by atoms with E-state index in [0.717, 1.165) is 12.8 Å². The van der Waals surface area contributed by atoms with Gasteiger partial charge in [-0.1, -0.05) is 0 Å². The Labute approximate surface area is 136 Å². The molecule has 2 amide bonds. The predicted octanol–water partition coefficient (Wildman–Crippen LogP) is 3.54. The molecule has 0 radical (unpaired) electrons. The lowest BCUT2D eigenvalue weighted by Crippen LogP contribution is -2.26. The molecule has 1 aliphatic rings. The van der Waals surface area contributed by atoms with Crippen LogP contribution >= 0.6 is 11.8 Å². The van der Waals surface area contributed by atoms with E-state index in [1.165, 1.54) is 24.3 Å². The topological polar surface area (TPSA) is 58.2 Å². The number of rotatable bonds is 7. The largest absolute Gasteiger partial charge is 0.446 e. The fourth-order valence-electron chi connectivity index (χ4n) is 1.91. The van der Waals surface area contributed by atoms with Crippen LogP contribution in [0.15, 0.2) is 29.2 Å². The molecule has 23 heavy (non-hydrogen) atoms. The first kappa shape index (κ1) is 17.7. The van der Waals surface area contributed by atoms with E-state index < -0.39 is 5.51 Å². The quantitative estimate of drug-likeness (QED) is 0.586. The zero-order valence-electron chi connectivity index (χ0n) is 12.3. The highest BCUT2D eigenvalue weighted by Gasteiger charge is 2.29. The van der Waals surface area contributed by atoms with Crippen molar-refractivity contribution >= 4 is 29.3 Å². The predicted molar refractivity (Wildman–Crippen MR) is 82.0 cm³/mol. The second kappa shape index (κ2) is 7.72. The molecule has 1 saturated carbocycles. The minimum atomic E-state index is -4.32. The molecule has 1 aliphatic carbocycles. The van der Waals surface area contributed by atoms with Gasteiger partial charge in [0.2, 0.25) is 11.8 Å². The van der Waals surface area contributed by atoms with Gasteiger partial charge in [-0.3, -0.25) is 9.59 Å². The Morgan fingerprint density at radius 3 is 2.39 bits per heavy atom. The number of carbonyl (C=O) groups is 2. The average Bonchev–Trinajstić information content (AvgIpc) is 3.28. The number of halogens is 3. The van der Waals surface area contributed by atoms with Gasteiger partial charge in [0.1, 0.15) is 0 Å². The standard InChI is InChI=1S/C15H17F3N2O2S/c16-15(17,18)23-12-7-5-11(6-8-12)20-13(21)2-1-9-19-14(22)10-3-4-10/h5-8,10H,1-4,9H2,(H,19,22)(H,20,21). The van der Waals surface area contributed by atoms with Crippen LogP contribution in [-0.2, 0) is 9.59 Å². The van der Waals surface area contributed by atoms with Crippen molar-refractivity contribution in [2.45, 2.75) is 36.1 Å². The van der Waals surface area contributed by atoms with Gasteiger partial charge >= 0.3 is 5.51 Å². The van der Waals surface area contributed by atoms with Crippen molar-refractivity contribution in [3.05, 3.63) is 24.3 Å². The second-order valence-electron chi connectivity index (χ2n) is 5.29. The van der Waals surface area contributed by atoms with E-state index in [2.05, 4.69) is 10.6 Å². The molecule has 126 valence electrons. The van der Waals surface area contributed by atoms with Gasteiger partial charge in [-0.2, -0.15) is 13.2 Å². The van der Waals surface area contributed by atoms with Crippen molar-refractivity contribution in [2.75, 3.05) is 11.9 Å². The number of benzene rings is 1. The molecule has 2 rings (SSSR count). The maximum absolute atomic E-state index is 12.2. The van der Waals surface area contributed by atoms with Gasteiger partial charge in [-0.25, -0.2) is 0 Å². The zero-order chi connectivity index (χ0) is 16.9. The molecule has 0 aliphatic heterocycles. The molecule has 0 aromatic heterocycles. The lowest BCUT2D eigenvalue weighted by molar-refractivity contribution is -0.122. The van der Waals surface area contributed by atoms with E-state index in [9.17, 15) is 22.8 Å². The number of alkyl halides is 3. The van der Waals surface area contributed by atoms with E-state index in [4.69, 9.17) is 0 Å². The first-order chi connectivity index (χ1) is 10.8. The van der Waals surface area contributed by atoms with Gasteiger partial charge in [0.05, 0.1) is 0 Å². The van der Waals surface area contributed by atoms with Crippen molar-refractivity contribution < 1.29 is 22.8 Å². The van der Waals surface area contributed by atoms with Crippen LogP contribution in [0.25, 0.3) is 0 Å². The van der Waals surface area contributed by atoms with E-state index >= 15 is 0 Å². The van der Waals surface area contributed by atoms with Crippen molar-refractivity contribution in [3.8, 4) is 0 Å². The third-order valence-corrected chi connectivity index (χ3v) is 3.94. The zero-order valence-corrected chi connectivity index (χ0v) is 13.1. The molecule has 1 fully saturated rings. The van der Waals surface area contributed by atoms with E-state index in [1.54, 1.807) is 0 Å². The summed E-state index contributed by atoms with van der Waals surface area (Å²) in [4.78, 5) is 23.2. The second-order valence-corrected chi connectivity index (χ2v) is 6.43. The average molecular weight is 346 g/mol. The highest BCUT2D eigenvalue weighted by Crippen LogP contribution is 2.37. The summed E-state index contributed by atoms with van der Waals surface area (Å²) in [7, 11) is 0. The molecule has 2 N–H and O–H groups in total. The highest BCUT2D eigenvalue weighted by molar-refractivity contribution is 8.00. The van der Waals surface area contributed by atoms with E-state index in [0.29, 0.717) is 18.7 Å². The van der Waals surface area contributed by atoms with Gasteiger partial charge < -0.3 is 10.6 Å². The Morgan fingerprint density at radius 2 is 1.83 bits per heavy atom. The van der Waals surface area contributed by atoms with Crippen LogP contribution < -0.4 is 10.6 Å². The Bertz CT molecular complexity index is 557. The monoisotopic (exact) mass is 346 g/mol. The summed E-state index contributed by atoms with van der Waals surface area (Å²) in [6.45, 7) is 0.448. The van der Waals surface area contributed by atoms with Crippen LogP contribution in [0.3, 0.4) is 0 Å². The lowest BCUT2D eigenvalue weighted by atomic mass is 10.2. The lowest BCUT2D eigenvalue weighted by Gasteiger charge is -2.08. The summed E-state index contributed by atoms with van der Waals surface area (Å²) in [6, 6.07) is 5.48. The van der Waals surface area contributed by atoms with Crippen LogP contribution in [0.4, 0.5) is 18.9 Å². The maximum atomic E-state index is 12.2. The minimum absolute atomic E-state index is 0.0446. The van der Waals surface area contributed by atoms with Crippen LogP contribution in [0.5, 0.6) is 0 Å². The normalized spacial score (nSPS) is 14.4. The van der Waals surface area contributed by atoms with Crippen molar-refractivity contribution in [3.63, 3.8) is 0 Å². The van der Waals surface area contributed by atoms with Crippen molar-refractivity contribution in [2.24, 2.45) is 5.92 Å². The van der Waals surface area contributed by atoms with Crippen LogP contribution in [0, 0.1) is 5.92 Å². The molecular formula is C15H17F3N2O2S. The Kier molecular flexibility index (Phi) is 5.92. The number of anilines is 1. The summed E-state index contributed by atoms with van der Waals surface area (Å²) < 4.78 is 36.6. The molecule has 0 saturated heterocycles. The summed E-state index contributed by atoms with van der Waals surface area (Å²) in [5.41, 5.74) is -3.88. The van der Waals surface area contributed by atoms with Crippen LogP contribution in [0.1, 0.15) is 25.7 Å². The molecule has 1 aromatic carbocycles. The van der Waals surface area contributed by atoms with E-state index in [1.807, 2.05) is 0 Å². The van der Waals surface area contributed by atoms with Crippen LogP contribution in [-0.4, -0.2) is 23.9 Å². The SMILES string of the molecule is O=C(CCCNC(=O)C1CC1)Nc1ccc(SC(F)(F)F)cc1. The molecule has 0 unspecified atom stereocenters. The summed E-state index contributed by atoms with van der Waals surface area (Å²) >= 11 is -0.198. The molecule has 4 nitrogen and oxygen atoms in total. The third-order valence-electron chi connectivity index (χ3n) is 3.20. The highest BCUT2D eigenvalue weighted by atomic mass is 32.2. The number of hydrogen-bond acceptors (Lipinski definition) is 3. The summed E-state index contributed by atoms with van der Waals surface area (Å²) in [5, 5.41) is 5.38. The van der Waals surface area contributed by atoms with Gasteiger partial charge in [0.15, 0.2) is 0 Å². The fourth-order valence-corrected chi connectivity index (χ4v) is 2.45. The Morgan fingerprint density at radius 1 is 1.17 bits per heavy atom. The molecule has 0 heterocycles. The number of hydrogen-bond donors (Lipinski definition) is 2. The fraction of sp³-hybridized carbons (Fsp3) is 0.467.